The van der Waals surface area contributed by atoms with E-state index in [1.165, 1.54) is 38.9 Å². The van der Waals surface area contributed by atoms with E-state index in [1.807, 2.05) is 48.5 Å². The minimum absolute atomic E-state index is 0.599. The van der Waals surface area contributed by atoms with E-state index in [2.05, 4.69) is 138 Å². The fourth-order valence-corrected chi connectivity index (χ4v) is 8.35. The molecule has 3 heterocycles. The third kappa shape index (κ3) is 5.36. The number of benzene rings is 7. The van der Waals surface area contributed by atoms with Gasteiger partial charge in [-0.2, -0.15) is 0 Å². The summed E-state index contributed by atoms with van der Waals surface area (Å²) in [6, 6.07) is 59.0. The van der Waals surface area contributed by atoms with Crippen LogP contribution in [0, 0.1) is 0 Å². The van der Waals surface area contributed by atoms with Crippen molar-refractivity contribution in [3.63, 3.8) is 0 Å². The van der Waals surface area contributed by atoms with Gasteiger partial charge in [0.25, 0.3) is 0 Å². The first-order chi connectivity index (χ1) is 27.8. The molecule has 10 aromatic rings. The third-order valence-corrected chi connectivity index (χ3v) is 11.0. The second-order valence-corrected chi connectivity index (χ2v) is 14.3. The molecule has 5 heteroatoms. The Bertz CT molecular complexity index is 3110. The Labute approximate surface area is 323 Å². The van der Waals surface area contributed by atoms with Crippen LogP contribution in [0.2, 0.25) is 0 Å². The molecule has 0 spiro atoms. The lowest BCUT2D eigenvalue weighted by atomic mass is 9.94. The van der Waals surface area contributed by atoms with Crippen LogP contribution in [-0.2, 0) is 6.42 Å². The standard InChI is InChI=1S/C51H34N4O/c1-4-14-33(15-5-1)34-26-28-37(29-27-34)50-52-49(36-18-8-3-9-19-36)53-51(54-50)42-22-13-25-45-48(42)41-31-30-38(32-46(41)56-45)55-43-23-11-10-20-40(43)47-39(21-12-24-44(47)55)35-16-6-2-7-17-35/h1-9,11-19,21-32H,10,20H2. The quantitative estimate of drug-likeness (QED) is 0.172. The summed E-state index contributed by atoms with van der Waals surface area (Å²) < 4.78 is 9.08. The van der Waals surface area contributed by atoms with Crippen molar-refractivity contribution < 1.29 is 4.42 Å². The fourth-order valence-electron chi connectivity index (χ4n) is 8.35. The second kappa shape index (κ2) is 13.2. The van der Waals surface area contributed by atoms with Gasteiger partial charge in [0.15, 0.2) is 17.5 Å². The van der Waals surface area contributed by atoms with E-state index in [-0.39, 0.29) is 0 Å². The maximum absolute atomic E-state index is 6.68. The molecule has 1 aliphatic rings. The molecule has 264 valence electrons. The average molecular weight is 719 g/mol. The Morgan fingerprint density at radius 1 is 0.464 bits per heavy atom. The molecule has 0 radical (unpaired) electrons. The Hall–Kier alpha value is -7.37. The highest BCUT2D eigenvalue weighted by Gasteiger charge is 2.23. The number of nitrogens with zero attached hydrogens (tertiary/aromatic N) is 4. The van der Waals surface area contributed by atoms with E-state index in [9.17, 15) is 0 Å². The lowest BCUT2D eigenvalue weighted by Gasteiger charge is -2.12. The van der Waals surface area contributed by atoms with Gasteiger partial charge in [-0.05, 0) is 71.0 Å². The first kappa shape index (κ1) is 32.1. The highest BCUT2D eigenvalue weighted by molar-refractivity contribution is 6.12. The van der Waals surface area contributed by atoms with Crippen molar-refractivity contribution in [1.29, 1.82) is 0 Å². The molecule has 56 heavy (non-hydrogen) atoms. The van der Waals surface area contributed by atoms with Crippen molar-refractivity contribution >= 4 is 38.9 Å². The molecule has 0 aliphatic heterocycles. The molecular formula is C51H34N4O. The predicted octanol–water partition coefficient (Wildman–Crippen LogP) is 13.0. The molecular weight excluding hydrogens is 685 g/mol. The second-order valence-electron chi connectivity index (χ2n) is 14.3. The van der Waals surface area contributed by atoms with E-state index in [4.69, 9.17) is 19.4 Å². The molecule has 0 saturated carbocycles. The van der Waals surface area contributed by atoms with Crippen molar-refractivity contribution in [3.05, 3.63) is 187 Å². The number of rotatable bonds is 6. The Morgan fingerprint density at radius 2 is 1.07 bits per heavy atom. The normalized spacial score (nSPS) is 12.4. The molecule has 0 atom stereocenters. The van der Waals surface area contributed by atoms with Gasteiger partial charge in [0, 0.05) is 50.3 Å². The van der Waals surface area contributed by atoms with E-state index in [0.717, 1.165) is 62.7 Å². The van der Waals surface area contributed by atoms with E-state index in [1.54, 1.807) is 0 Å². The maximum atomic E-state index is 6.68. The van der Waals surface area contributed by atoms with E-state index >= 15 is 0 Å². The topological polar surface area (TPSA) is 56.7 Å². The van der Waals surface area contributed by atoms with Crippen molar-refractivity contribution in [2.75, 3.05) is 0 Å². The van der Waals surface area contributed by atoms with Gasteiger partial charge in [-0.3, -0.25) is 0 Å². The van der Waals surface area contributed by atoms with Crippen molar-refractivity contribution in [2.24, 2.45) is 0 Å². The van der Waals surface area contributed by atoms with Crippen molar-refractivity contribution in [3.8, 4) is 62.1 Å². The van der Waals surface area contributed by atoms with Crippen LogP contribution in [0.15, 0.2) is 180 Å². The van der Waals surface area contributed by atoms with Crippen LogP contribution < -0.4 is 0 Å². The van der Waals surface area contributed by atoms with Gasteiger partial charge >= 0.3 is 0 Å². The Balaban J connectivity index is 1.07. The van der Waals surface area contributed by atoms with Gasteiger partial charge in [-0.15, -0.1) is 0 Å². The van der Waals surface area contributed by atoms with Crippen molar-refractivity contribution in [1.82, 2.24) is 19.5 Å². The van der Waals surface area contributed by atoms with Crippen LogP contribution in [0.5, 0.6) is 0 Å². The Morgan fingerprint density at radius 3 is 1.82 bits per heavy atom. The van der Waals surface area contributed by atoms with Gasteiger partial charge in [0.05, 0.1) is 5.52 Å². The van der Waals surface area contributed by atoms with E-state index in [0.29, 0.717) is 17.5 Å². The summed E-state index contributed by atoms with van der Waals surface area (Å²) in [7, 11) is 0. The molecule has 0 N–H and O–H groups in total. The smallest absolute Gasteiger partial charge is 0.164 e. The van der Waals surface area contributed by atoms with E-state index < -0.39 is 0 Å². The summed E-state index contributed by atoms with van der Waals surface area (Å²) in [5.74, 6) is 1.84. The number of aromatic nitrogens is 4. The third-order valence-electron chi connectivity index (χ3n) is 11.0. The molecule has 0 unspecified atom stereocenters. The first-order valence-electron chi connectivity index (χ1n) is 19.1. The molecule has 1 aliphatic carbocycles. The van der Waals surface area contributed by atoms with Crippen LogP contribution in [0.1, 0.15) is 17.7 Å². The predicted molar refractivity (Wildman–Crippen MR) is 228 cm³/mol. The van der Waals surface area contributed by atoms with Crippen LogP contribution in [0.3, 0.4) is 0 Å². The summed E-state index contributed by atoms with van der Waals surface area (Å²) in [5.41, 5.74) is 14.0. The average Bonchev–Trinajstić information content (AvgIpc) is 3.83. The number of furan rings is 1. The molecule has 0 saturated heterocycles. The zero-order valence-corrected chi connectivity index (χ0v) is 30.4. The molecule has 7 aromatic carbocycles. The minimum Gasteiger partial charge on any atom is -0.456 e. The first-order valence-corrected chi connectivity index (χ1v) is 19.1. The monoisotopic (exact) mass is 718 g/mol. The fraction of sp³-hybridized carbons (Fsp3) is 0.0392. The maximum Gasteiger partial charge on any atom is 0.164 e. The molecule has 0 fully saturated rings. The summed E-state index contributed by atoms with van der Waals surface area (Å²) >= 11 is 0. The summed E-state index contributed by atoms with van der Waals surface area (Å²) in [6.07, 6.45) is 6.61. The Kier molecular flexibility index (Phi) is 7.56. The SMILES string of the molecule is C1=Cc2c(c3c(-c4ccccc4)cccc3n2-c2ccc3c(c2)oc2cccc(-c4nc(-c5ccccc5)nc(-c5ccc(-c6ccccc6)cc5)n4)c23)CC1. The largest absolute Gasteiger partial charge is 0.456 e. The summed E-state index contributed by atoms with van der Waals surface area (Å²) in [4.78, 5) is 15.2. The molecule has 0 amide bonds. The van der Waals surface area contributed by atoms with Gasteiger partial charge in [-0.25, -0.2) is 15.0 Å². The lowest BCUT2D eigenvalue weighted by Crippen LogP contribution is -2.00. The molecule has 3 aromatic heterocycles. The zero-order chi connectivity index (χ0) is 37.0. The number of fused-ring (bicyclic) bond motifs is 6. The van der Waals surface area contributed by atoms with Crippen LogP contribution in [-0.4, -0.2) is 19.5 Å². The summed E-state index contributed by atoms with van der Waals surface area (Å²) in [5, 5.41) is 3.32. The van der Waals surface area contributed by atoms with Gasteiger partial charge in [-0.1, -0.05) is 146 Å². The number of allylic oxidation sites excluding steroid dienone is 1. The van der Waals surface area contributed by atoms with Crippen molar-refractivity contribution in [2.45, 2.75) is 12.8 Å². The zero-order valence-electron chi connectivity index (χ0n) is 30.4. The molecule has 0 bridgehead atoms. The van der Waals surface area contributed by atoms with Gasteiger partial charge in [0.2, 0.25) is 0 Å². The van der Waals surface area contributed by atoms with Gasteiger partial charge < -0.3 is 8.98 Å². The number of hydrogen-bond acceptors (Lipinski definition) is 4. The highest BCUT2D eigenvalue weighted by Crippen LogP contribution is 2.42. The number of hydrogen-bond donors (Lipinski definition) is 0. The van der Waals surface area contributed by atoms with Crippen LogP contribution in [0.25, 0.3) is 101 Å². The minimum atomic E-state index is 0.599. The number of aryl methyl sites for hydroxylation is 1. The summed E-state index contributed by atoms with van der Waals surface area (Å²) in [6.45, 7) is 0. The lowest BCUT2D eigenvalue weighted by molar-refractivity contribution is 0.668. The van der Waals surface area contributed by atoms with Crippen LogP contribution >= 0.6 is 0 Å². The van der Waals surface area contributed by atoms with Crippen LogP contribution in [0.4, 0.5) is 0 Å². The van der Waals surface area contributed by atoms with Gasteiger partial charge in [0.1, 0.15) is 11.2 Å². The molecule has 11 rings (SSSR count). The molecule has 5 nitrogen and oxygen atoms in total. The highest BCUT2D eigenvalue weighted by atomic mass is 16.3.